The van der Waals surface area contributed by atoms with E-state index in [4.69, 9.17) is 15.2 Å². The van der Waals surface area contributed by atoms with Crippen LogP contribution in [-0.4, -0.2) is 35.6 Å². The zero-order chi connectivity index (χ0) is 11.4. The van der Waals surface area contributed by atoms with Crippen molar-refractivity contribution < 1.29 is 9.90 Å². The van der Waals surface area contributed by atoms with Gasteiger partial charge in [0, 0.05) is 13.3 Å². The molecule has 4 heteroatoms. The van der Waals surface area contributed by atoms with E-state index in [9.17, 15) is 0 Å². The Morgan fingerprint density at radius 3 is 2.14 bits per heavy atom. The lowest BCUT2D eigenvalue weighted by Crippen LogP contribution is -2.23. The molecule has 4 nitrogen and oxygen atoms in total. The van der Waals surface area contributed by atoms with E-state index in [1.165, 1.54) is 0 Å². The first kappa shape index (κ1) is 15.4. The van der Waals surface area contributed by atoms with E-state index in [-0.39, 0.29) is 0 Å². The summed E-state index contributed by atoms with van der Waals surface area (Å²) in [6, 6.07) is 2.14. The highest BCUT2D eigenvalue weighted by atomic mass is 16.4. The number of carbonyl (C=O) groups is 1. The van der Waals surface area contributed by atoms with Gasteiger partial charge in [-0.2, -0.15) is 5.26 Å². The van der Waals surface area contributed by atoms with Gasteiger partial charge in [-0.15, -0.1) is 0 Å². The van der Waals surface area contributed by atoms with Gasteiger partial charge in [0.25, 0.3) is 5.97 Å². The molecule has 0 atom stereocenters. The average Bonchev–Trinajstić information content (AvgIpc) is 2.12. The first-order chi connectivity index (χ1) is 6.58. The predicted octanol–water partition coefficient (Wildman–Crippen LogP) is 1.72. The van der Waals surface area contributed by atoms with Crippen LogP contribution in [0.4, 0.5) is 0 Å². The Balaban J connectivity index is 0. The molecule has 0 radical (unpaired) electrons. The molecule has 0 unspecified atom stereocenters. The van der Waals surface area contributed by atoms with Crippen molar-refractivity contribution in [1.29, 1.82) is 5.26 Å². The summed E-state index contributed by atoms with van der Waals surface area (Å²) >= 11 is 0. The molecule has 0 spiro atoms. The molecule has 1 N–H and O–H groups in total. The number of unbranched alkanes of at least 4 members (excludes halogenated alkanes) is 1. The van der Waals surface area contributed by atoms with E-state index in [0.29, 0.717) is 6.42 Å². The number of aliphatic carboxylic acids is 1. The maximum atomic E-state index is 9.00. The quantitative estimate of drug-likeness (QED) is 0.686. The Kier molecular flexibility index (Phi) is 13.1. The molecule has 0 aliphatic heterocycles. The lowest BCUT2D eigenvalue weighted by molar-refractivity contribution is -0.134. The third kappa shape index (κ3) is 17.1. The van der Waals surface area contributed by atoms with Crippen LogP contribution < -0.4 is 0 Å². The van der Waals surface area contributed by atoms with Gasteiger partial charge in [-0.25, -0.2) is 0 Å². The van der Waals surface area contributed by atoms with Gasteiger partial charge >= 0.3 is 0 Å². The molecule has 0 aliphatic carbocycles. The lowest BCUT2D eigenvalue weighted by atomic mass is 10.3. The number of nitriles is 1. The number of carboxylic acid groups (broad SMARTS) is 1. The monoisotopic (exact) mass is 200 g/mol. The third-order valence-corrected chi connectivity index (χ3v) is 1.66. The van der Waals surface area contributed by atoms with Gasteiger partial charge < -0.3 is 10.0 Å². The van der Waals surface area contributed by atoms with Crippen LogP contribution in [0.25, 0.3) is 0 Å². The van der Waals surface area contributed by atoms with Crippen molar-refractivity contribution in [3.8, 4) is 6.07 Å². The van der Waals surface area contributed by atoms with Crippen LogP contribution in [0.15, 0.2) is 0 Å². The minimum atomic E-state index is -0.833. The average molecular weight is 200 g/mol. The van der Waals surface area contributed by atoms with Crippen molar-refractivity contribution in [2.75, 3.05) is 19.6 Å². The number of rotatable bonds is 5. The lowest BCUT2D eigenvalue weighted by Gasteiger charge is -2.16. The molecule has 0 bridgehead atoms. The summed E-state index contributed by atoms with van der Waals surface area (Å²) in [4.78, 5) is 11.3. The van der Waals surface area contributed by atoms with Crippen LogP contribution >= 0.6 is 0 Å². The Labute approximate surface area is 86.1 Å². The Hall–Kier alpha value is -1.08. The van der Waals surface area contributed by atoms with E-state index in [1.54, 1.807) is 0 Å². The van der Waals surface area contributed by atoms with Crippen LogP contribution in [0.3, 0.4) is 0 Å². The van der Waals surface area contributed by atoms with E-state index in [0.717, 1.165) is 33.0 Å². The smallest absolute Gasteiger partial charge is 0.300 e. The van der Waals surface area contributed by atoms with Gasteiger partial charge in [-0.05, 0) is 26.1 Å². The highest BCUT2D eigenvalue weighted by molar-refractivity contribution is 5.62. The van der Waals surface area contributed by atoms with Crippen LogP contribution in [-0.2, 0) is 4.79 Å². The molecule has 0 heterocycles. The second kappa shape index (κ2) is 11.9. The minimum Gasteiger partial charge on any atom is -0.481 e. The molecule has 82 valence electrons. The van der Waals surface area contributed by atoms with Crippen molar-refractivity contribution in [3.05, 3.63) is 0 Å². The van der Waals surface area contributed by atoms with Crippen molar-refractivity contribution in [2.45, 2.75) is 33.6 Å². The maximum Gasteiger partial charge on any atom is 0.300 e. The summed E-state index contributed by atoms with van der Waals surface area (Å²) in [6.45, 7) is 8.65. The van der Waals surface area contributed by atoms with Crippen molar-refractivity contribution >= 4 is 5.97 Å². The molecule has 0 aliphatic rings. The molecule has 0 amide bonds. The highest BCUT2D eigenvalue weighted by Crippen LogP contribution is 1.92. The van der Waals surface area contributed by atoms with E-state index in [2.05, 4.69) is 24.8 Å². The van der Waals surface area contributed by atoms with Crippen LogP contribution in [0.1, 0.15) is 33.6 Å². The fraction of sp³-hybridized carbons (Fsp3) is 0.800. The van der Waals surface area contributed by atoms with Crippen LogP contribution in [0.5, 0.6) is 0 Å². The fourth-order valence-electron chi connectivity index (χ4n) is 0.922. The number of hydrogen-bond acceptors (Lipinski definition) is 3. The molecular weight excluding hydrogens is 180 g/mol. The Bertz CT molecular complexity index is 167. The molecular formula is C10H20N2O2. The summed E-state index contributed by atoms with van der Waals surface area (Å²) in [5.41, 5.74) is 0. The van der Waals surface area contributed by atoms with Crippen molar-refractivity contribution in [3.63, 3.8) is 0 Å². The van der Waals surface area contributed by atoms with Gasteiger partial charge in [0.15, 0.2) is 0 Å². The molecule has 0 rings (SSSR count). The Morgan fingerprint density at radius 1 is 1.43 bits per heavy atom. The summed E-state index contributed by atoms with van der Waals surface area (Å²) in [5, 5.41) is 15.7. The number of nitrogens with zero attached hydrogens (tertiary/aromatic N) is 2. The van der Waals surface area contributed by atoms with Crippen molar-refractivity contribution in [1.82, 2.24) is 4.90 Å². The fourth-order valence-corrected chi connectivity index (χ4v) is 0.922. The number of carboxylic acids is 1. The molecule has 0 saturated heterocycles. The summed E-state index contributed by atoms with van der Waals surface area (Å²) in [5.74, 6) is -0.833. The highest BCUT2D eigenvalue weighted by Gasteiger charge is 1.96. The minimum absolute atomic E-state index is 0.691. The third-order valence-electron chi connectivity index (χ3n) is 1.66. The molecule has 14 heavy (non-hydrogen) atoms. The van der Waals surface area contributed by atoms with E-state index >= 15 is 0 Å². The van der Waals surface area contributed by atoms with Crippen LogP contribution in [0, 0.1) is 11.3 Å². The zero-order valence-corrected chi connectivity index (χ0v) is 9.29. The van der Waals surface area contributed by atoms with E-state index < -0.39 is 5.97 Å². The largest absolute Gasteiger partial charge is 0.481 e. The normalized spacial score (nSPS) is 8.79. The second-order valence-corrected chi connectivity index (χ2v) is 2.81. The summed E-state index contributed by atoms with van der Waals surface area (Å²) < 4.78 is 0. The summed E-state index contributed by atoms with van der Waals surface area (Å²) in [6.07, 6.45) is 1.70. The SMILES string of the molecule is CC(=O)O.CCN(CC)CCCC#N. The van der Waals surface area contributed by atoms with Gasteiger partial charge in [0.2, 0.25) is 0 Å². The second-order valence-electron chi connectivity index (χ2n) is 2.81. The standard InChI is InChI=1S/C8H16N2.C2H4O2/c1-3-10(4-2)8-6-5-7-9;1-2(3)4/h3-6,8H2,1-2H3;1H3,(H,3,4). The topological polar surface area (TPSA) is 64.3 Å². The maximum absolute atomic E-state index is 9.00. The van der Waals surface area contributed by atoms with Gasteiger partial charge in [0.05, 0.1) is 6.07 Å². The molecule has 0 saturated carbocycles. The molecule has 0 aromatic rings. The zero-order valence-electron chi connectivity index (χ0n) is 9.29. The molecule has 0 aromatic heterocycles. The molecule has 0 aromatic carbocycles. The predicted molar refractivity (Wildman–Crippen MR) is 55.9 cm³/mol. The van der Waals surface area contributed by atoms with E-state index in [1.807, 2.05) is 0 Å². The number of hydrogen-bond donors (Lipinski definition) is 1. The first-order valence-corrected chi connectivity index (χ1v) is 4.87. The van der Waals surface area contributed by atoms with Crippen molar-refractivity contribution in [2.24, 2.45) is 0 Å². The van der Waals surface area contributed by atoms with Crippen LogP contribution in [0.2, 0.25) is 0 Å². The molecule has 0 fully saturated rings. The Morgan fingerprint density at radius 2 is 1.86 bits per heavy atom. The van der Waals surface area contributed by atoms with Gasteiger partial charge in [-0.3, -0.25) is 4.79 Å². The van der Waals surface area contributed by atoms with Gasteiger partial charge in [0.1, 0.15) is 0 Å². The van der Waals surface area contributed by atoms with Gasteiger partial charge in [-0.1, -0.05) is 13.8 Å². The first-order valence-electron chi connectivity index (χ1n) is 4.87. The summed E-state index contributed by atoms with van der Waals surface area (Å²) in [7, 11) is 0.